The number of carbonyl (C=O) groups is 2. The molecule has 0 bridgehead atoms. The first-order chi connectivity index (χ1) is 7.10. The summed E-state index contributed by atoms with van der Waals surface area (Å²) in [5, 5.41) is 11.7. The van der Waals surface area contributed by atoms with Crippen molar-refractivity contribution in [2.45, 2.75) is 32.1 Å². The lowest BCUT2D eigenvalue weighted by atomic mass is 9.82. The molecule has 0 aromatic rings. The SMILES string of the molecule is NCCNC(=O)CC1(C(=O)O)CCCC1. The molecule has 0 aromatic heterocycles. The number of aliphatic carboxylic acids is 1. The van der Waals surface area contributed by atoms with Crippen LogP contribution in [0.3, 0.4) is 0 Å². The number of amides is 1. The van der Waals surface area contributed by atoms with Crippen molar-refractivity contribution in [3.63, 3.8) is 0 Å². The summed E-state index contributed by atoms with van der Waals surface area (Å²) < 4.78 is 0. The van der Waals surface area contributed by atoms with Crippen molar-refractivity contribution in [3.05, 3.63) is 0 Å². The third kappa shape index (κ3) is 2.92. The molecule has 4 N–H and O–H groups in total. The molecule has 15 heavy (non-hydrogen) atoms. The molecule has 0 radical (unpaired) electrons. The Morgan fingerprint density at radius 1 is 1.33 bits per heavy atom. The van der Waals surface area contributed by atoms with Crippen LogP contribution >= 0.6 is 0 Å². The van der Waals surface area contributed by atoms with Gasteiger partial charge >= 0.3 is 5.97 Å². The van der Waals surface area contributed by atoms with Gasteiger partial charge in [0, 0.05) is 19.5 Å². The van der Waals surface area contributed by atoms with Crippen molar-refractivity contribution in [2.24, 2.45) is 11.1 Å². The number of carbonyl (C=O) groups excluding carboxylic acids is 1. The quantitative estimate of drug-likeness (QED) is 0.605. The van der Waals surface area contributed by atoms with Crippen LogP contribution in [0.5, 0.6) is 0 Å². The average Bonchev–Trinajstić information content (AvgIpc) is 2.64. The Kier molecular flexibility index (Phi) is 4.08. The summed E-state index contributed by atoms with van der Waals surface area (Å²) in [5.74, 6) is -1.05. The summed E-state index contributed by atoms with van der Waals surface area (Å²) in [6, 6.07) is 0. The van der Waals surface area contributed by atoms with Crippen LogP contribution < -0.4 is 11.1 Å². The molecule has 1 saturated carbocycles. The highest BCUT2D eigenvalue weighted by atomic mass is 16.4. The predicted octanol–water partition coefficient (Wildman–Crippen LogP) is 0.0964. The highest BCUT2D eigenvalue weighted by molar-refractivity contribution is 5.85. The van der Waals surface area contributed by atoms with Gasteiger partial charge in [0.1, 0.15) is 0 Å². The van der Waals surface area contributed by atoms with Crippen molar-refractivity contribution in [3.8, 4) is 0 Å². The maximum absolute atomic E-state index is 11.4. The van der Waals surface area contributed by atoms with Gasteiger partial charge in [-0.2, -0.15) is 0 Å². The number of carboxylic acids is 1. The van der Waals surface area contributed by atoms with Crippen molar-refractivity contribution in [1.29, 1.82) is 0 Å². The summed E-state index contributed by atoms with van der Waals surface area (Å²) in [7, 11) is 0. The second-order valence-electron chi connectivity index (χ2n) is 4.11. The lowest BCUT2D eigenvalue weighted by Crippen LogP contribution is -2.37. The molecule has 1 aliphatic rings. The maximum atomic E-state index is 11.4. The molecule has 1 fully saturated rings. The Hall–Kier alpha value is -1.10. The topological polar surface area (TPSA) is 92.4 Å². The predicted molar refractivity (Wildman–Crippen MR) is 55.2 cm³/mol. The number of hydrogen-bond donors (Lipinski definition) is 3. The average molecular weight is 214 g/mol. The van der Waals surface area contributed by atoms with E-state index in [1.165, 1.54) is 0 Å². The van der Waals surface area contributed by atoms with Crippen LogP contribution in [0.1, 0.15) is 32.1 Å². The first-order valence-electron chi connectivity index (χ1n) is 5.31. The number of nitrogens with two attached hydrogens (primary N) is 1. The zero-order chi connectivity index (χ0) is 11.3. The molecule has 0 heterocycles. The van der Waals surface area contributed by atoms with Crippen LogP contribution in [0.2, 0.25) is 0 Å². The van der Waals surface area contributed by atoms with E-state index in [1.807, 2.05) is 0 Å². The van der Waals surface area contributed by atoms with Crippen LogP contribution in [-0.2, 0) is 9.59 Å². The molecule has 1 rings (SSSR count). The van der Waals surface area contributed by atoms with Gasteiger partial charge in [0.15, 0.2) is 0 Å². The number of carboxylic acid groups (broad SMARTS) is 1. The molecule has 1 amide bonds. The van der Waals surface area contributed by atoms with Crippen molar-refractivity contribution in [2.75, 3.05) is 13.1 Å². The summed E-state index contributed by atoms with van der Waals surface area (Å²) in [4.78, 5) is 22.6. The monoisotopic (exact) mass is 214 g/mol. The minimum atomic E-state index is -0.845. The molecule has 5 nitrogen and oxygen atoms in total. The standard InChI is InChI=1S/C10H18N2O3/c11-5-6-12-8(13)7-10(9(14)15)3-1-2-4-10/h1-7,11H2,(H,12,13)(H,14,15). The fourth-order valence-corrected chi connectivity index (χ4v) is 2.10. The molecule has 0 unspecified atom stereocenters. The summed E-state index contributed by atoms with van der Waals surface area (Å²) in [6.45, 7) is 0.792. The number of rotatable bonds is 5. The zero-order valence-electron chi connectivity index (χ0n) is 8.79. The third-order valence-electron chi connectivity index (χ3n) is 2.98. The van der Waals surface area contributed by atoms with E-state index < -0.39 is 11.4 Å². The Labute approximate surface area is 89.0 Å². The summed E-state index contributed by atoms with van der Waals surface area (Å²) in [5.41, 5.74) is 4.43. The minimum absolute atomic E-state index is 0.0856. The van der Waals surface area contributed by atoms with Gasteiger partial charge in [0.25, 0.3) is 0 Å². The fraction of sp³-hybridized carbons (Fsp3) is 0.800. The number of hydrogen-bond acceptors (Lipinski definition) is 3. The van der Waals surface area contributed by atoms with Gasteiger partial charge < -0.3 is 16.2 Å². The molecule has 0 atom stereocenters. The van der Waals surface area contributed by atoms with E-state index in [0.717, 1.165) is 12.8 Å². The number of nitrogens with one attached hydrogen (secondary N) is 1. The molecule has 5 heteroatoms. The van der Waals surface area contributed by atoms with Crippen LogP contribution in [0.25, 0.3) is 0 Å². The third-order valence-corrected chi connectivity index (χ3v) is 2.98. The maximum Gasteiger partial charge on any atom is 0.310 e. The molecular weight excluding hydrogens is 196 g/mol. The van der Waals surface area contributed by atoms with Crippen LogP contribution in [-0.4, -0.2) is 30.1 Å². The Balaban J connectivity index is 2.52. The lowest BCUT2D eigenvalue weighted by molar-refractivity contribution is -0.151. The van der Waals surface area contributed by atoms with Gasteiger partial charge in [-0.25, -0.2) is 0 Å². The molecule has 1 aliphatic carbocycles. The molecule has 0 aliphatic heterocycles. The lowest BCUT2D eigenvalue weighted by Gasteiger charge is -2.22. The Morgan fingerprint density at radius 3 is 2.40 bits per heavy atom. The molecule has 86 valence electrons. The molecule has 0 spiro atoms. The van der Waals surface area contributed by atoms with Crippen LogP contribution in [0, 0.1) is 5.41 Å². The highest BCUT2D eigenvalue weighted by Crippen LogP contribution is 2.41. The van der Waals surface area contributed by atoms with E-state index >= 15 is 0 Å². The Morgan fingerprint density at radius 2 is 1.93 bits per heavy atom. The van der Waals surface area contributed by atoms with E-state index in [0.29, 0.717) is 25.9 Å². The van der Waals surface area contributed by atoms with Gasteiger partial charge in [0.05, 0.1) is 5.41 Å². The molecular formula is C10H18N2O3. The minimum Gasteiger partial charge on any atom is -0.481 e. The van der Waals surface area contributed by atoms with Gasteiger partial charge in [-0.3, -0.25) is 9.59 Å². The van der Waals surface area contributed by atoms with E-state index in [2.05, 4.69) is 5.32 Å². The second-order valence-corrected chi connectivity index (χ2v) is 4.11. The fourth-order valence-electron chi connectivity index (χ4n) is 2.10. The smallest absolute Gasteiger partial charge is 0.310 e. The van der Waals surface area contributed by atoms with Gasteiger partial charge in [-0.15, -0.1) is 0 Å². The van der Waals surface area contributed by atoms with Gasteiger partial charge in [-0.05, 0) is 12.8 Å². The van der Waals surface area contributed by atoms with E-state index in [9.17, 15) is 9.59 Å². The van der Waals surface area contributed by atoms with Crippen LogP contribution in [0.15, 0.2) is 0 Å². The van der Waals surface area contributed by atoms with Gasteiger partial charge in [0.2, 0.25) is 5.91 Å². The summed E-state index contributed by atoms with van der Waals surface area (Å²) >= 11 is 0. The second kappa shape index (κ2) is 5.11. The van der Waals surface area contributed by atoms with E-state index in [4.69, 9.17) is 10.8 Å². The van der Waals surface area contributed by atoms with Gasteiger partial charge in [-0.1, -0.05) is 12.8 Å². The zero-order valence-corrected chi connectivity index (χ0v) is 8.79. The van der Waals surface area contributed by atoms with E-state index in [-0.39, 0.29) is 12.3 Å². The van der Waals surface area contributed by atoms with Crippen molar-refractivity contribution >= 4 is 11.9 Å². The first-order valence-corrected chi connectivity index (χ1v) is 5.31. The highest BCUT2D eigenvalue weighted by Gasteiger charge is 2.42. The van der Waals surface area contributed by atoms with E-state index in [1.54, 1.807) is 0 Å². The largest absolute Gasteiger partial charge is 0.481 e. The first kappa shape index (κ1) is 12.0. The molecule has 0 aromatic carbocycles. The summed E-state index contributed by atoms with van der Waals surface area (Å²) in [6.07, 6.45) is 3.10. The molecule has 0 saturated heterocycles. The van der Waals surface area contributed by atoms with Crippen LogP contribution in [0.4, 0.5) is 0 Å². The Bertz CT molecular complexity index is 247. The van der Waals surface area contributed by atoms with Crippen molar-refractivity contribution in [1.82, 2.24) is 5.32 Å². The normalized spacial score (nSPS) is 18.7. The van der Waals surface area contributed by atoms with Crippen molar-refractivity contribution < 1.29 is 14.7 Å².